The van der Waals surface area contributed by atoms with Crippen LogP contribution in [-0.2, 0) is 0 Å². The van der Waals surface area contributed by atoms with E-state index >= 15 is 0 Å². The minimum absolute atomic E-state index is 0.606. The number of hydrogen-bond acceptors (Lipinski definition) is 3. The van der Waals surface area contributed by atoms with Crippen molar-refractivity contribution in [3.05, 3.63) is 53.1 Å². The Bertz CT molecular complexity index is 768. The largest absolute Gasteiger partial charge is 0.326 e. The molecule has 0 bridgehead atoms. The van der Waals surface area contributed by atoms with E-state index in [0.29, 0.717) is 16.5 Å². The number of H-pyrrole nitrogens is 1. The first-order valence-electron chi connectivity index (χ1n) is 5.67. The van der Waals surface area contributed by atoms with Crippen molar-refractivity contribution in [3.63, 3.8) is 0 Å². The van der Waals surface area contributed by atoms with Gasteiger partial charge < -0.3 is 10.3 Å². The van der Waals surface area contributed by atoms with Crippen LogP contribution in [0.25, 0.3) is 11.0 Å². The van der Waals surface area contributed by atoms with Crippen molar-refractivity contribution in [2.24, 2.45) is 0 Å². The summed E-state index contributed by atoms with van der Waals surface area (Å²) in [7, 11) is 0. The highest BCUT2D eigenvalue weighted by molar-refractivity contribution is 6.30. The monoisotopic (exact) mass is 268 g/mol. The fourth-order valence-corrected chi connectivity index (χ4v) is 1.93. The number of hydrogen-bond donors (Lipinski definition) is 2. The Hall–Kier alpha value is -2.51. The molecule has 2 N–H and O–H groups in total. The summed E-state index contributed by atoms with van der Waals surface area (Å²) in [4.78, 5) is 7.52. The zero-order valence-corrected chi connectivity index (χ0v) is 10.6. The van der Waals surface area contributed by atoms with Crippen LogP contribution in [0.3, 0.4) is 0 Å². The lowest BCUT2D eigenvalue weighted by Crippen LogP contribution is -1.91. The summed E-state index contributed by atoms with van der Waals surface area (Å²) in [5.41, 5.74) is 3.14. The van der Waals surface area contributed by atoms with Crippen molar-refractivity contribution in [1.29, 1.82) is 5.26 Å². The van der Waals surface area contributed by atoms with Crippen LogP contribution in [0.4, 0.5) is 11.6 Å². The molecule has 92 valence electrons. The zero-order valence-electron chi connectivity index (χ0n) is 9.81. The second-order valence-corrected chi connectivity index (χ2v) is 4.50. The highest BCUT2D eigenvalue weighted by Gasteiger charge is 2.03. The van der Waals surface area contributed by atoms with E-state index in [4.69, 9.17) is 16.9 Å². The smallest absolute Gasteiger partial charge is 0.205 e. The first kappa shape index (κ1) is 11.6. The molecule has 1 aromatic heterocycles. The van der Waals surface area contributed by atoms with E-state index in [1.165, 1.54) is 0 Å². The molecule has 0 unspecified atom stereocenters. The van der Waals surface area contributed by atoms with Gasteiger partial charge in [-0.3, -0.25) is 0 Å². The Labute approximate surface area is 114 Å². The zero-order chi connectivity index (χ0) is 13.2. The molecule has 0 atom stereocenters. The number of rotatable bonds is 2. The van der Waals surface area contributed by atoms with E-state index in [1.807, 2.05) is 18.2 Å². The summed E-state index contributed by atoms with van der Waals surface area (Å²) >= 11 is 5.83. The molecular formula is C14H9ClN4. The Morgan fingerprint density at radius 1 is 1.16 bits per heavy atom. The van der Waals surface area contributed by atoms with E-state index in [9.17, 15) is 0 Å². The van der Waals surface area contributed by atoms with Crippen LogP contribution < -0.4 is 5.32 Å². The van der Waals surface area contributed by atoms with Crippen LogP contribution in [0.1, 0.15) is 5.56 Å². The molecule has 4 nitrogen and oxygen atoms in total. The second kappa shape index (κ2) is 4.63. The van der Waals surface area contributed by atoms with Crippen LogP contribution in [0.2, 0.25) is 5.02 Å². The molecule has 3 aromatic rings. The number of benzene rings is 2. The Balaban J connectivity index is 1.93. The second-order valence-electron chi connectivity index (χ2n) is 4.06. The minimum Gasteiger partial charge on any atom is -0.326 e. The fraction of sp³-hybridized carbons (Fsp3) is 0. The van der Waals surface area contributed by atoms with E-state index in [-0.39, 0.29) is 0 Å². The molecule has 0 aliphatic heterocycles. The molecule has 2 aromatic carbocycles. The molecule has 0 aliphatic carbocycles. The van der Waals surface area contributed by atoms with Gasteiger partial charge in [-0.25, -0.2) is 4.98 Å². The van der Waals surface area contributed by atoms with Crippen LogP contribution in [0.5, 0.6) is 0 Å². The van der Waals surface area contributed by atoms with Crippen molar-refractivity contribution < 1.29 is 0 Å². The first-order chi connectivity index (χ1) is 9.24. The molecule has 3 rings (SSSR count). The fourth-order valence-electron chi connectivity index (χ4n) is 1.81. The lowest BCUT2D eigenvalue weighted by Gasteiger charge is -2.01. The molecule has 0 saturated heterocycles. The average molecular weight is 269 g/mol. The topological polar surface area (TPSA) is 64.5 Å². The van der Waals surface area contributed by atoms with Gasteiger partial charge in [0.2, 0.25) is 5.95 Å². The molecular weight excluding hydrogens is 260 g/mol. The molecule has 0 aliphatic rings. The number of nitrogens with one attached hydrogen (secondary N) is 2. The van der Waals surface area contributed by atoms with Crippen molar-refractivity contribution in [3.8, 4) is 6.07 Å². The normalized spacial score (nSPS) is 10.3. The van der Waals surface area contributed by atoms with E-state index in [0.717, 1.165) is 16.7 Å². The molecule has 0 saturated carbocycles. The Morgan fingerprint density at radius 2 is 1.95 bits per heavy atom. The molecule has 0 amide bonds. The van der Waals surface area contributed by atoms with E-state index < -0.39 is 0 Å². The van der Waals surface area contributed by atoms with Gasteiger partial charge in [0.25, 0.3) is 0 Å². The SMILES string of the molecule is N#Cc1ccc2nc(Nc3ccc(Cl)cc3)[nH]c2c1. The number of nitrogens with zero attached hydrogens (tertiary/aromatic N) is 2. The van der Waals surface area contributed by atoms with Gasteiger partial charge in [0, 0.05) is 10.7 Å². The van der Waals surface area contributed by atoms with Gasteiger partial charge in [-0.2, -0.15) is 5.26 Å². The van der Waals surface area contributed by atoms with Gasteiger partial charge in [0.15, 0.2) is 0 Å². The van der Waals surface area contributed by atoms with Gasteiger partial charge in [-0.1, -0.05) is 11.6 Å². The van der Waals surface area contributed by atoms with Crippen LogP contribution in [0.15, 0.2) is 42.5 Å². The number of imidazole rings is 1. The number of anilines is 2. The highest BCUT2D eigenvalue weighted by atomic mass is 35.5. The molecule has 0 fully saturated rings. The van der Waals surface area contributed by atoms with Crippen LogP contribution in [-0.4, -0.2) is 9.97 Å². The maximum atomic E-state index is 8.85. The number of fused-ring (bicyclic) bond motifs is 1. The third-order valence-electron chi connectivity index (χ3n) is 2.72. The Morgan fingerprint density at radius 3 is 2.68 bits per heavy atom. The lowest BCUT2D eigenvalue weighted by atomic mass is 10.2. The van der Waals surface area contributed by atoms with Crippen molar-refractivity contribution in [2.45, 2.75) is 0 Å². The van der Waals surface area contributed by atoms with Gasteiger partial charge in [0.1, 0.15) is 0 Å². The number of nitriles is 1. The molecule has 19 heavy (non-hydrogen) atoms. The summed E-state index contributed by atoms with van der Waals surface area (Å²) in [5, 5.41) is 12.7. The molecule has 1 heterocycles. The van der Waals surface area contributed by atoms with Gasteiger partial charge in [-0.05, 0) is 42.5 Å². The number of halogens is 1. The van der Waals surface area contributed by atoms with Crippen molar-refractivity contribution >= 4 is 34.3 Å². The predicted octanol–water partition coefficient (Wildman–Crippen LogP) is 3.83. The number of aromatic nitrogens is 2. The predicted molar refractivity (Wildman–Crippen MR) is 75.5 cm³/mol. The summed E-state index contributed by atoms with van der Waals surface area (Å²) in [6.45, 7) is 0. The van der Waals surface area contributed by atoms with Crippen molar-refractivity contribution in [1.82, 2.24) is 9.97 Å². The van der Waals surface area contributed by atoms with Crippen molar-refractivity contribution in [2.75, 3.05) is 5.32 Å². The first-order valence-corrected chi connectivity index (χ1v) is 6.05. The minimum atomic E-state index is 0.606. The average Bonchev–Trinajstić information content (AvgIpc) is 2.82. The third-order valence-corrected chi connectivity index (χ3v) is 2.97. The van der Waals surface area contributed by atoms with E-state index in [1.54, 1.807) is 24.3 Å². The van der Waals surface area contributed by atoms with Crippen LogP contribution in [0, 0.1) is 11.3 Å². The maximum absolute atomic E-state index is 8.85. The lowest BCUT2D eigenvalue weighted by molar-refractivity contribution is 1.31. The maximum Gasteiger partial charge on any atom is 0.205 e. The summed E-state index contributed by atoms with van der Waals surface area (Å²) in [6, 6.07) is 14.8. The van der Waals surface area contributed by atoms with Gasteiger partial charge in [-0.15, -0.1) is 0 Å². The quantitative estimate of drug-likeness (QED) is 0.742. The van der Waals surface area contributed by atoms with Crippen LogP contribution >= 0.6 is 11.6 Å². The summed E-state index contributed by atoms with van der Waals surface area (Å²) in [6.07, 6.45) is 0. The summed E-state index contributed by atoms with van der Waals surface area (Å²) in [5.74, 6) is 0.632. The third kappa shape index (κ3) is 2.37. The van der Waals surface area contributed by atoms with E-state index in [2.05, 4.69) is 21.4 Å². The molecule has 5 heteroatoms. The Kier molecular flexibility index (Phi) is 2.82. The number of aromatic amines is 1. The standard InChI is InChI=1S/C14H9ClN4/c15-10-2-4-11(5-3-10)17-14-18-12-6-1-9(8-16)7-13(12)19-14/h1-7H,(H2,17,18,19). The highest BCUT2D eigenvalue weighted by Crippen LogP contribution is 2.20. The molecule has 0 spiro atoms. The van der Waals surface area contributed by atoms with Gasteiger partial charge >= 0.3 is 0 Å². The molecule has 0 radical (unpaired) electrons. The summed E-state index contributed by atoms with van der Waals surface area (Å²) < 4.78 is 0. The van der Waals surface area contributed by atoms with Gasteiger partial charge in [0.05, 0.1) is 22.7 Å².